The van der Waals surface area contributed by atoms with E-state index in [4.69, 9.17) is 4.42 Å². The first-order valence-corrected chi connectivity index (χ1v) is 10.6. The number of benzene rings is 3. The molecule has 3 aromatic carbocycles. The number of fused-ring (bicyclic) bond motifs is 1. The maximum Gasteiger partial charge on any atom is 0.267 e. The molecule has 2 N–H and O–H groups in total. The molecule has 0 saturated heterocycles. The van der Waals surface area contributed by atoms with Gasteiger partial charge in [-0.3, -0.25) is 9.59 Å². The highest BCUT2D eigenvalue weighted by atomic mass is 16.3. The van der Waals surface area contributed by atoms with E-state index in [2.05, 4.69) is 41.0 Å². The molecule has 0 fully saturated rings. The van der Waals surface area contributed by atoms with Crippen LogP contribution in [0, 0.1) is 0 Å². The fourth-order valence-corrected chi connectivity index (χ4v) is 3.54. The van der Waals surface area contributed by atoms with Gasteiger partial charge < -0.3 is 15.1 Å². The molecule has 0 aliphatic rings. The van der Waals surface area contributed by atoms with Gasteiger partial charge in [-0.25, -0.2) is 0 Å². The Hall–Kier alpha value is -4.12. The molecule has 0 aliphatic heterocycles. The van der Waals surface area contributed by atoms with Crippen LogP contribution < -0.4 is 10.6 Å². The molecule has 0 atom stereocenters. The molecule has 0 spiro atoms. The first-order chi connectivity index (χ1) is 15.7. The average molecular weight is 425 g/mol. The minimum absolute atomic E-state index is 0.138. The molecular weight excluding hydrogens is 400 g/mol. The van der Waals surface area contributed by atoms with Crippen LogP contribution in [0.1, 0.15) is 28.1 Å². The van der Waals surface area contributed by atoms with E-state index in [1.54, 1.807) is 36.4 Å². The molecule has 5 nitrogen and oxygen atoms in total. The molecule has 32 heavy (non-hydrogen) atoms. The van der Waals surface area contributed by atoms with E-state index in [1.165, 1.54) is 28.7 Å². The lowest BCUT2D eigenvalue weighted by Gasteiger charge is -2.11. The van der Waals surface area contributed by atoms with E-state index in [0.717, 1.165) is 12.8 Å². The molecule has 1 heterocycles. The van der Waals surface area contributed by atoms with Gasteiger partial charge in [-0.15, -0.1) is 0 Å². The summed E-state index contributed by atoms with van der Waals surface area (Å²) >= 11 is 0. The molecule has 0 radical (unpaired) electrons. The van der Waals surface area contributed by atoms with Crippen LogP contribution in [-0.4, -0.2) is 18.4 Å². The monoisotopic (exact) mass is 424 g/mol. The van der Waals surface area contributed by atoms with Gasteiger partial charge in [-0.1, -0.05) is 60.7 Å². The van der Waals surface area contributed by atoms with Crippen molar-refractivity contribution in [2.24, 2.45) is 0 Å². The molecule has 0 aliphatic carbocycles. The molecule has 0 bridgehead atoms. The Labute approximate surface area is 186 Å². The van der Waals surface area contributed by atoms with Crippen LogP contribution in [0.4, 0.5) is 0 Å². The Morgan fingerprint density at radius 2 is 1.62 bits per heavy atom. The first-order valence-electron chi connectivity index (χ1n) is 10.6. The topological polar surface area (TPSA) is 71.3 Å². The lowest BCUT2D eigenvalue weighted by molar-refractivity contribution is -0.117. The molecule has 4 aromatic rings. The zero-order valence-corrected chi connectivity index (χ0v) is 17.6. The van der Waals surface area contributed by atoms with Crippen molar-refractivity contribution in [3.05, 3.63) is 114 Å². The summed E-state index contributed by atoms with van der Waals surface area (Å²) in [5, 5.41) is 8.05. The van der Waals surface area contributed by atoms with E-state index < -0.39 is 0 Å². The van der Waals surface area contributed by atoms with Gasteiger partial charge in [0, 0.05) is 18.2 Å². The second kappa shape index (κ2) is 10.3. The lowest BCUT2D eigenvalue weighted by Crippen LogP contribution is -2.35. The number of furan rings is 1. The largest absolute Gasteiger partial charge is 0.465 e. The van der Waals surface area contributed by atoms with Crippen molar-refractivity contribution < 1.29 is 14.0 Å². The van der Waals surface area contributed by atoms with Crippen molar-refractivity contribution in [1.82, 2.24) is 10.6 Å². The number of amides is 2. The molecule has 2 amide bonds. The second-order valence-electron chi connectivity index (χ2n) is 7.39. The van der Waals surface area contributed by atoms with Crippen LogP contribution in [-0.2, 0) is 11.2 Å². The van der Waals surface area contributed by atoms with Gasteiger partial charge in [0.1, 0.15) is 11.5 Å². The smallest absolute Gasteiger partial charge is 0.267 e. The van der Waals surface area contributed by atoms with Crippen LogP contribution in [0.25, 0.3) is 16.8 Å². The minimum atomic E-state index is -0.358. The van der Waals surface area contributed by atoms with Gasteiger partial charge >= 0.3 is 0 Å². The zero-order chi connectivity index (χ0) is 22.2. The standard InChI is InChI=1S/C27H24N2O3/c30-26(22-10-2-1-3-11-22)29-25(19-23-15-8-18-32-23)27(31)28-17-7-14-21-13-6-12-20-9-4-5-16-24(20)21/h1-6,8-13,15-16,18-19H,7,14,17H2,(H,28,31)(H,29,30)/b25-19-. The summed E-state index contributed by atoms with van der Waals surface area (Å²) in [4.78, 5) is 25.4. The summed E-state index contributed by atoms with van der Waals surface area (Å²) in [5.41, 5.74) is 1.86. The van der Waals surface area contributed by atoms with Crippen LogP contribution in [0.5, 0.6) is 0 Å². The minimum Gasteiger partial charge on any atom is -0.465 e. The summed E-state index contributed by atoms with van der Waals surface area (Å²) in [6, 6.07) is 26.8. The third-order valence-corrected chi connectivity index (χ3v) is 5.15. The summed E-state index contributed by atoms with van der Waals surface area (Å²) in [6.45, 7) is 0.485. The zero-order valence-electron chi connectivity index (χ0n) is 17.6. The molecule has 0 saturated carbocycles. The number of hydrogen-bond acceptors (Lipinski definition) is 3. The van der Waals surface area contributed by atoms with Gasteiger partial charge in [0.15, 0.2) is 0 Å². The van der Waals surface area contributed by atoms with Crippen molar-refractivity contribution in [3.63, 3.8) is 0 Å². The van der Waals surface area contributed by atoms with E-state index in [9.17, 15) is 9.59 Å². The number of rotatable bonds is 8. The Morgan fingerprint density at radius 3 is 2.44 bits per heavy atom. The third-order valence-electron chi connectivity index (χ3n) is 5.15. The Morgan fingerprint density at radius 1 is 0.844 bits per heavy atom. The van der Waals surface area contributed by atoms with Crippen LogP contribution in [0.15, 0.2) is 101 Å². The van der Waals surface area contributed by atoms with E-state index in [-0.39, 0.29) is 17.5 Å². The van der Waals surface area contributed by atoms with Crippen molar-refractivity contribution in [2.45, 2.75) is 12.8 Å². The molecule has 160 valence electrons. The van der Waals surface area contributed by atoms with Gasteiger partial charge in [-0.2, -0.15) is 0 Å². The van der Waals surface area contributed by atoms with Gasteiger partial charge in [0.05, 0.1) is 6.26 Å². The molecule has 0 unspecified atom stereocenters. The number of aryl methyl sites for hydroxylation is 1. The van der Waals surface area contributed by atoms with Crippen LogP contribution in [0.3, 0.4) is 0 Å². The lowest BCUT2D eigenvalue weighted by atomic mass is 10.0. The summed E-state index contributed by atoms with van der Waals surface area (Å²) < 4.78 is 5.32. The SMILES string of the molecule is O=C(NCCCc1cccc2ccccc12)/C(=C/c1ccco1)NC(=O)c1ccccc1. The maximum absolute atomic E-state index is 12.8. The Balaban J connectivity index is 1.39. The van der Waals surface area contributed by atoms with Gasteiger partial charge in [-0.05, 0) is 53.4 Å². The molecule has 4 rings (SSSR count). The highest BCUT2D eigenvalue weighted by Crippen LogP contribution is 2.19. The Bertz CT molecular complexity index is 1220. The summed E-state index contributed by atoms with van der Waals surface area (Å²) in [7, 11) is 0. The van der Waals surface area contributed by atoms with Crippen molar-refractivity contribution in [1.29, 1.82) is 0 Å². The maximum atomic E-state index is 12.8. The predicted octanol–water partition coefficient (Wildman–Crippen LogP) is 4.95. The highest BCUT2D eigenvalue weighted by Gasteiger charge is 2.15. The Kier molecular flexibility index (Phi) is 6.78. The first kappa shape index (κ1) is 21.1. The number of carbonyl (C=O) groups excluding carboxylic acids is 2. The highest BCUT2D eigenvalue weighted by molar-refractivity contribution is 6.05. The average Bonchev–Trinajstić information content (AvgIpc) is 3.35. The number of hydrogen-bond donors (Lipinski definition) is 2. The van der Waals surface area contributed by atoms with Crippen LogP contribution in [0.2, 0.25) is 0 Å². The number of carbonyl (C=O) groups is 2. The van der Waals surface area contributed by atoms with Crippen molar-refractivity contribution >= 4 is 28.7 Å². The van der Waals surface area contributed by atoms with E-state index in [1.807, 2.05) is 18.2 Å². The van der Waals surface area contributed by atoms with E-state index >= 15 is 0 Å². The fraction of sp³-hybridized carbons (Fsp3) is 0.111. The van der Waals surface area contributed by atoms with E-state index in [0.29, 0.717) is 17.9 Å². The molecule has 1 aromatic heterocycles. The fourth-order valence-electron chi connectivity index (χ4n) is 3.54. The summed E-state index contributed by atoms with van der Waals surface area (Å²) in [5.74, 6) is -0.225. The quantitative estimate of drug-likeness (QED) is 0.310. The van der Waals surface area contributed by atoms with Crippen molar-refractivity contribution in [3.8, 4) is 0 Å². The third kappa shape index (κ3) is 5.32. The molecule has 5 heteroatoms. The van der Waals surface area contributed by atoms with Gasteiger partial charge in [0.25, 0.3) is 11.8 Å². The number of nitrogens with one attached hydrogen (secondary N) is 2. The normalized spacial score (nSPS) is 11.3. The second-order valence-corrected chi connectivity index (χ2v) is 7.39. The summed E-state index contributed by atoms with van der Waals surface area (Å²) in [6.07, 6.45) is 4.67. The van der Waals surface area contributed by atoms with Gasteiger partial charge in [0.2, 0.25) is 0 Å². The predicted molar refractivity (Wildman–Crippen MR) is 126 cm³/mol. The molecular formula is C27H24N2O3. The van der Waals surface area contributed by atoms with Crippen LogP contribution >= 0.6 is 0 Å². The van der Waals surface area contributed by atoms with Crippen molar-refractivity contribution in [2.75, 3.05) is 6.54 Å².